The van der Waals surface area contributed by atoms with E-state index in [1.807, 2.05) is 29.5 Å². The molecule has 9 aromatic rings. The molecule has 2 nitrogen and oxygen atoms in total. The minimum Gasteiger partial charge on any atom is -0.228 e. The molecular weight excluding hydrogens is 637 g/mol. The molecular formula is C48H32N2S. The number of nitrogens with zero attached hydrogens (tertiary/aromatic N) is 2. The summed E-state index contributed by atoms with van der Waals surface area (Å²) < 4.78 is 2.55. The quantitative estimate of drug-likeness (QED) is 0.182. The standard InChI is InChI=1S/C48H32N2S/c1-48(35-15-6-3-7-16-35)40-20-10-8-17-36(40)37-28-27-34(29-41(37)48)31-23-25-32(26-24-31)42-30-43(50-47(49-42)33-13-4-2-5-14-33)38-19-12-22-45-46(38)39-18-9-11-21-44(39)51-45/h2-30H,1H3. The van der Waals surface area contributed by atoms with Gasteiger partial charge in [-0.25, -0.2) is 9.97 Å². The molecule has 0 N–H and O–H groups in total. The van der Waals surface area contributed by atoms with E-state index in [-0.39, 0.29) is 5.41 Å². The van der Waals surface area contributed by atoms with Gasteiger partial charge in [0.15, 0.2) is 5.82 Å². The zero-order valence-electron chi connectivity index (χ0n) is 28.0. The first-order chi connectivity index (χ1) is 25.1. The van der Waals surface area contributed by atoms with Crippen LogP contribution in [0.5, 0.6) is 0 Å². The highest BCUT2D eigenvalue weighted by atomic mass is 32.1. The highest BCUT2D eigenvalue weighted by molar-refractivity contribution is 7.25. The van der Waals surface area contributed by atoms with E-state index in [4.69, 9.17) is 9.97 Å². The molecule has 3 heteroatoms. The molecule has 1 unspecified atom stereocenters. The number of thiophene rings is 1. The van der Waals surface area contributed by atoms with E-state index in [1.165, 1.54) is 59.1 Å². The molecule has 0 spiro atoms. The summed E-state index contributed by atoms with van der Waals surface area (Å²) in [6, 6.07) is 63.3. The third-order valence-corrected chi connectivity index (χ3v) is 11.8. The van der Waals surface area contributed by atoms with Gasteiger partial charge < -0.3 is 0 Å². The summed E-state index contributed by atoms with van der Waals surface area (Å²) in [6.07, 6.45) is 0. The van der Waals surface area contributed by atoms with Crippen molar-refractivity contribution < 1.29 is 0 Å². The van der Waals surface area contributed by atoms with Crippen LogP contribution < -0.4 is 0 Å². The predicted octanol–water partition coefficient (Wildman–Crippen LogP) is 12.8. The van der Waals surface area contributed by atoms with Crippen LogP contribution in [0.1, 0.15) is 23.6 Å². The van der Waals surface area contributed by atoms with Gasteiger partial charge in [-0.3, -0.25) is 0 Å². The van der Waals surface area contributed by atoms with Gasteiger partial charge in [0.2, 0.25) is 0 Å². The van der Waals surface area contributed by atoms with E-state index in [9.17, 15) is 0 Å². The van der Waals surface area contributed by atoms with Crippen LogP contribution >= 0.6 is 11.3 Å². The molecule has 0 saturated carbocycles. The fourth-order valence-electron chi connectivity index (χ4n) is 8.02. The van der Waals surface area contributed by atoms with E-state index in [1.54, 1.807) is 0 Å². The summed E-state index contributed by atoms with van der Waals surface area (Å²) in [6.45, 7) is 2.37. The van der Waals surface area contributed by atoms with Gasteiger partial charge in [0.25, 0.3) is 0 Å². The minimum atomic E-state index is -0.231. The van der Waals surface area contributed by atoms with E-state index in [0.29, 0.717) is 0 Å². The van der Waals surface area contributed by atoms with Crippen LogP contribution in [0, 0.1) is 0 Å². The SMILES string of the molecule is CC1(c2ccccc2)c2ccccc2-c2ccc(-c3ccc(-c4cc(-c5cccc6sc7ccccc7c56)nc(-c5ccccc5)n4)cc3)cc21. The Bertz CT molecular complexity index is 2750. The van der Waals surface area contributed by atoms with Crippen molar-refractivity contribution in [1.29, 1.82) is 0 Å². The Hall–Kier alpha value is -6.16. The maximum absolute atomic E-state index is 5.18. The highest BCUT2D eigenvalue weighted by Gasteiger charge is 2.40. The Kier molecular flexibility index (Phi) is 6.83. The molecule has 2 aromatic heterocycles. The lowest BCUT2D eigenvalue weighted by Crippen LogP contribution is -2.22. The summed E-state index contributed by atoms with van der Waals surface area (Å²) in [7, 11) is 0. The molecule has 240 valence electrons. The van der Waals surface area contributed by atoms with Crippen LogP contribution in [-0.2, 0) is 5.41 Å². The van der Waals surface area contributed by atoms with Gasteiger partial charge in [-0.15, -0.1) is 11.3 Å². The molecule has 1 aliphatic rings. The first kappa shape index (κ1) is 29.7. The van der Waals surface area contributed by atoms with E-state index in [2.05, 4.69) is 165 Å². The number of benzene rings is 7. The van der Waals surface area contributed by atoms with Crippen molar-refractivity contribution in [2.75, 3.05) is 0 Å². The molecule has 7 aromatic carbocycles. The van der Waals surface area contributed by atoms with Gasteiger partial charge in [-0.05, 0) is 70.1 Å². The van der Waals surface area contributed by atoms with Crippen molar-refractivity contribution in [3.05, 3.63) is 193 Å². The Labute approximate surface area is 301 Å². The molecule has 0 radical (unpaired) electrons. The number of rotatable bonds is 5. The largest absolute Gasteiger partial charge is 0.228 e. The minimum absolute atomic E-state index is 0.231. The van der Waals surface area contributed by atoms with Gasteiger partial charge in [0, 0.05) is 42.3 Å². The van der Waals surface area contributed by atoms with E-state index < -0.39 is 0 Å². The van der Waals surface area contributed by atoms with Gasteiger partial charge in [-0.2, -0.15) is 0 Å². The molecule has 1 atom stereocenters. The molecule has 0 bridgehead atoms. The summed E-state index contributed by atoms with van der Waals surface area (Å²) in [5, 5.41) is 2.51. The number of hydrogen-bond donors (Lipinski definition) is 0. The Morgan fingerprint density at radius 2 is 1.06 bits per heavy atom. The number of fused-ring (bicyclic) bond motifs is 6. The normalized spacial score (nSPS) is 14.8. The van der Waals surface area contributed by atoms with Gasteiger partial charge in [0.1, 0.15) is 0 Å². The summed E-state index contributed by atoms with van der Waals surface area (Å²) in [5.74, 6) is 0.724. The highest BCUT2D eigenvalue weighted by Crippen LogP contribution is 2.53. The zero-order valence-corrected chi connectivity index (χ0v) is 28.9. The fraction of sp³-hybridized carbons (Fsp3) is 0.0417. The number of hydrogen-bond acceptors (Lipinski definition) is 3. The molecule has 51 heavy (non-hydrogen) atoms. The maximum atomic E-state index is 5.18. The third kappa shape index (κ3) is 4.77. The molecule has 0 saturated heterocycles. The second-order valence-corrected chi connectivity index (χ2v) is 14.6. The van der Waals surface area contributed by atoms with Crippen molar-refractivity contribution in [2.45, 2.75) is 12.3 Å². The topological polar surface area (TPSA) is 25.8 Å². The lowest BCUT2D eigenvalue weighted by atomic mass is 9.74. The predicted molar refractivity (Wildman–Crippen MR) is 214 cm³/mol. The lowest BCUT2D eigenvalue weighted by Gasteiger charge is -2.28. The van der Waals surface area contributed by atoms with E-state index >= 15 is 0 Å². The monoisotopic (exact) mass is 668 g/mol. The Morgan fingerprint density at radius 1 is 0.431 bits per heavy atom. The third-order valence-electron chi connectivity index (χ3n) is 10.6. The van der Waals surface area contributed by atoms with Crippen LogP contribution in [0.3, 0.4) is 0 Å². The molecule has 10 rings (SSSR count). The molecule has 0 fully saturated rings. The van der Waals surface area contributed by atoms with Crippen LogP contribution in [0.2, 0.25) is 0 Å². The Balaban J connectivity index is 1.08. The zero-order chi connectivity index (χ0) is 33.9. The molecule has 0 amide bonds. The first-order valence-corrected chi connectivity index (χ1v) is 18.2. The van der Waals surface area contributed by atoms with Gasteiger partial charge >= 0.3 is 0 Å². The Morgan fingerprint density at radius 3 is 1.90 bits per heavy atom. The van der Waals surface area contributed by atoms with Crippen molar-refractivity contribution in [1.82, 2.24) is 9.97 Å². The van der Waals surface area contributed by atoms with Gasteiger partial charge in [0.05, 0.1) is 11.4 Å². The smallest absolute Gasteiger partial charge is 0.160 e. The summed E-state index contributed by atoms with van der Waals surface area (Å²) >= 11 is 1.83. The van der Waals surface area contributed by atoms with Crippen molar-refractivity contribution in [2.24, 2.45) is 0 Å². The number of aromatic nitrogens is 2. The fourth-order valence-corrected chi connectivity index (χ4v) is 9.16. The van der Waals surface area contributed by atoms with Crippen molar-refractivity contribution >= 4 is 31.5 Å². The maximum Gasteiger partial charge on any atom is 0.160 e. The van der Waals surface area contributed by atoms with Crippen LogP contribution in [0.15, 0.2) is 176 Å². The average Bonchev–Trinajstić information content (AvgIpc) is 3.72. The van der Waals surface area contributed by atoms with Gasteiger partial charge in [-0.1, -0.05) is 152 Å². The molecule has 1 aliphatic carbocycles. The molecule has 0 aliphatic heterocycles. The summed E-state index contributed by atoms with van der Waals surface area (Å²) in [5.41, 5.74) is 13.8. The lowest BCUT2D eigenvalue weighted by molar-refractivity contribution is 0.714. The molecule has 2 heterocycles. The summed E-state index contributed by atoms with van der Waals surface area (Å²) in [4.78, 5) is 10.3. The van der Waals surface area contributed by atoms with Crippen molar-refractivity contribution in [3.8, 4) is 56.2 Å². The van der Waals surface area contributed by atoms with E-state index in [0.717, 1.165) is 33.9 Å². The van der Waals surface area contributed by atoms with Crippen LogP contribution in [-0.4, -0.2) is 9.97 Å². The second kappa shape index (κ2) is 11.7. The van der Waals surface area contributed by atoms with Crippen LogP contribution in [0.25, 0.3) is 76.3 Å². The average molecular weight is 669 g/mol. The van der Waals surface area contributed by atoms with Crippen LogP contribution in [0.4, 0.5) is 0 Å². The second-order valence-electron chi connectivity index (χ2n) is 13.5. The van der Waals surface area contributed by atoms with Crippen molar-refractivity contribution in [3.63, 3.8) is 0 Å². The first-order valence-electron chi connectivity index (χ1n) is 17.4.